The van der Waals surface area contributed by atoms with Crippen LogP contribution in [0.3, 0.4) is 0 Å². The van der Waals surface area contributed by atoms with Gasteiger partial charge in [0.2, 0.25) is 0 Å². The fourth-order valence-electron chi connectivity index (χ4n) is 6.90. The van der Waals surface area contributed by atoms with Crippen LogP contribution in [0, 0.1) is 22.7 Å². The van der Waals surface area contributed by atoms with E-state index in [2.05, 4.69) is 97.6 Å². The third-order valence-electron chi connectivity index (χ3n) is 10.00. The van der Waals surface area contributed by atoms with E-state index in [9.17, 15) is 5.26 Å². The van der Waals surface area contributed by atoms with Gasteiger partial charge in [0.1, 0.15) is 0 Å². The highest BCUT2D eigenvalue weighted by Gasteiger charge is 2.17. The van der Waals surface area contributed by atoms with Crippen LogP contribution in [0.4, 0.5) is 0 Å². The molecule has 0 aliphatic rings. The molecule has 0 bridgehead atoms. The van der Waals surface area contributed by atoms with Crippen molar-refractivity contribution in [3.63, 3.8) is 0 Å². The van der Waals surface area contributed by atoms with E-state index in [0.717, 1.165) is 78.0 Å². The molecular weight excluding hydrogens is 721 g/mol. The van der Waals surface area contributed by atoms with Gasteiger partial charge >= 0.3 is 0 Å². The number of hydrogen-bond acceptors (Lipinski definition) is 6. The molecule has 0 saturated carbocycles. The summed E-state index contributed by atoms with van der Waals surface area (Å²) in [7, 11) is 0. The number of aromatic nitrogens is 4. The van der Waals surface area contributed by atoms with Crippen molar-refractivity contribution in [2.75, 3.05) is 0 Å². The number of rotatable bonds is 7. The zero-order valence-corrected chi connectivity index (χ0v) is 32.3. The van der Waals surface area contributed by atoms with Crippen LogP contribution in [0.25, 0.3) is 89.4 Å². The second kappa shape index (κ2) is 17.2. The second-order valence-corrected chi connectivity index (χ2v) is 13.7. The Hall–Kier alpha value is -8.32. The fraction of sp³-hybridized carbons (Fsp3) is 0.0189. The van der Waals surface area contributed by atoms with Crippen LogP contribution in [0.1, 0.15) is 12.5 Å². The third-order valence-corrected chi connectivity index (χ3v) is 10.00. The molecule has 0 fully saturated rings. The van der Waals surface area contributed by atoms with Gasteiger partial charge in [-0.1, -0.05) is 164 Å². The maximum absolute atomic E-state index is 9.51. The van der Waals surface area contributed by atoms with Crippen molar-refractivity contribution in [2.24, 2.45) is 0 Å². The molecular formula is C53H36N6. The lowest BCUT2D eigenvalue weighted by molar-refractivity contribution is 1.18. The molecule has 9 aromatic rings. The Morgan fingerprint density at radius 2 is 1.05 bits per heavy atom. The van der Waals surface area contributed by atoms with Gasteiger partial charge in [-0.15, -0.1) is 0 Å². The van der Waals surface area contributed by atoms with E-state index >= 15 is 0 Å². The van der Waals surface area contributed by atoms with Crippen LogP contribution in [0.2, 0.25) is 0 Å². The van der Waals surface area contributed by atoms with E-state index in [1.807, 2.05) is 97.1 Å². The predicted molar refractivity (Wildman–Crippen MR) is 240 cm³/mol. The van der Waals surface area contributed by atoms with Gasteiger partial charge in [0.05, 0.1) is 51.5 Å². The predicted octanol–water partition coefficient (Wildman–Crippen LogP) is 13.1. The summed E-state index contributed by atoms with van der Waals surface area (Å²) < 4.78 is 0. The number of allylic oxidation sites excluding steroid dienone is 3. The minimum absolute atomic E-state index is 0.623. The average Bonchev–Trinajstić information content (AvgIpc) is 3.32. The lowest BCUT2D eigenvalue weighted by Gasteiger charge is -2.14. The topological polar surface area (TPSA) is 99.1 Å². The Morgan fingerprint density at radius 1 is 0.508 bits per heavy atom. The quantitative estimate of drug-likeness (QED) is 0.119. The minimum atomic E-state index is 0.623. The highest BCUT2D eigenvalue weighted by Crippen LogP contribution is 2.37. The molecule has 0 aliphatic heterocycles. The molecule has 2 heterocycles. The molecule has 59 heavy (non-hydrogen) atoms. The molecule has 6 nitrogen and oxygen atoms in total. The zero-order chi connectivity index (χ0) is 40.6. The maximum atomic E-state index is 9.51. The zero-order valence-electron chi connectivity index (χ0n) is 32.3. The smallest absolute Gasteiger partial charge is 0.160 e. The normalized spacial score (nSPS) is 10.9. The van der Waals surface area contributed by atoms with Gasteiger partial charge in [0, 0.05) is 33.4 Å². The minimum Gasteiger partial charge on any atom is -0.244 e. The van der Waals surface area contributed by atoms with E-state index in [1.54, 1.807) is 13.0 Å². The Morgan fingerprint density at radius 3 is 1.61 bits per heavy atom. The Balaban J connectivity index is 0.000000637. The van der Waals surface area contributed by atoms with E-state index in [4.69, 9.17) is 25.2 Å². The first-order chi connectivity index (χ1) is 29.0. The molecule has 0 saturated heterocycles. The molecule has 0 atom stereocenters. The van der Waals surface area contributed by atoms with Gasteiger partial charge in [0.25, 0.3) is 0 Å². The first kappa shape index (κ1) is 37.6. The first-order valence-corrected chi connectivity index (χ1v) is 19.1. The highest BCUT2D eigenvalue weighted by molar-refractivity contribution is 6.00. The van der Waals surface area contributed by atoms with Crippen molar-refractivity contribution in [2.45, 2.75) is 6.92 Å². The fourth-order valence-corrected chi connectivity index (χ4v) is 6.90. The number of nitriles is 2. The Kier molecular flexibility index (Phi) is 11.0. The number of nitrogens with zero attached hydrogens (tertiary/aromatic N) is 6. The first-order valence-electron chi connectivity index (χ1n) is 19.1. The van der Waals surface area contributed by atoms with Gasteiger partial charge < -0.3 is 0 Å². The summed E-state index contributed by atoms with van der Waals surface area (Å²) in [6, 6.07) is 63.5. The number of fused-ring (bicyclic) bond motifs is 2. The van der Waals surface area contributed by atoms with Gasteiger partial charge in [-0.05, 0) is 59.2 Å². The van der Waals surface area contributed by atoms with Crippen LogP contribution in [-0.2, 0) is 0 Å². The molecule has 0 amide bonds. The number of benzene rings is 7. The van der Waals surface area contributed by atoms with Crippen molar-refractivity contribution in [3.8, 4) is 79.7 Å². The Bertz CT molecular complexity index is 3070. The van der Waals surface area contributed by atoms with Crippen LogP contribution in [-0.4, -0.2) is 19.9 Å². The van der Waals surface area contributed by atoms with Gasteiger partial charge in [-0.2, -0.15) is 10.5 Å². The van der Waals surface area contributed by atoms with Crippen LogP contribution in [0.15, 0.2) is 200 Å². The number of para-hydroxylation sites is 2. The summed E-state index contributed by atoms with van der Waals surface area (Å²) in [4.78, 5) is 20.4. The molecule has 0 aliphatic carbocycles. The van der Waals surface area contributed by atoms with Crippen molar-refractivity contribution < 1.29 is 0 Å². The molecule has 6 heteroatoms. The van der Waals surface area contributed by atoms with Crippen molar-refractivity contribution in [3.05, 3.63) is 206 Å². The summed E-state index contributed by atoms with van der Waals surface area (Å²) in [5.74, 6) is 0.669. The lowest BCUT2D eigenvalue weighted by atomic mass is 9.96. The molecule has 2 aromatic heterocycles. The summed E-state index contributed by atoms with van der Waals surface area (Å²) >= 11 is 0. The highest BCUT2D eigenvalue weighted by atomic mass is 14.9. The molecule has 7 aromatic carbocycles. The third kappa shape index (κ3) is 8.16. The molecule has 0 unspecified atom stereocenters. The number of hydrogen-bond donors (Lipinski definition) is 0. The van der Waals surface area contributed by atoms with Gasteiger partial charge in [0.15, 0.2) is 5.82 Å². The van der Waals surface area contributed by atoms with Crippen molar-refractivity contribution >= 4 is 21.8 Å². The molecule has 0 spiro atoms. The van der Waals surface area contributed by atoms with E-state index in [0.29, 0.717) is 17.0 Å². The van der Waals surface area contributed by atoms with Crippen molar-refractivity contribution in [1.29, 1.82) is 10.5 Å². The van der Waals surface area contributed by atoms with Crippen molar-refractivity contribution in [1.82, 2.24) is 19.9 Å². The summed E-state index contributed by atoms with van der Waals surface area (Å²) in [6.07, 6.45) is 3.24. The lowest BCUT2D eigenvalue weighted by Crippen LogP contribution is -1.97. The summed E-state index contributed by atoms with van der Waals surface area (Å²) in [5.41, 5.74) is 13.3. The summed E-state index contributed by atoms with van der Waals surface area (Å²) in [5, 5.41) is 19.7. The molecule has 0 radical (unpaired) electrons. The monoisotopic (exact) mass is 756 g/mol. The van der Waals surface area contributed by atoms with Crippen LogP contribution in [0.5, 0.6) is 0 Å². The molecule has 9 rings (SSSR count). The molecule has 0 N–H and O–H groups in total. The maximum Gasteiger partial charge on any atom is 0.160 e. The average molecular weight is 757 g/mol. The van der Waals surface area contributed by atoms with E-state index in [1.165, 1.54) is 11.6 Å². The SMILES string of the molecule is C=C/C(C#N)=C\C.N#Cc1ccc2c(-c3nc4ccccc4nc3-c3ccc(-c4cc(-c5ccc(-c6ccccc6)cc5)nc(-c5ccccc5)n4)cc3)cccc2c1. The molecule has 278 valence electrons. The van der Waals surface area contributed by atoms with Crippen LogP contribution >= 0.6 is 0 Å². The van der Waals surface area contributed by atoms with Gasteiger partial charge in [-0.3, -0.25) is 0 Å². The Labute approximate surface area is 343 Å². The van der Waals surface area contributed by atoms with E-state index < -0.39 is 0 Å². The standard InChI is InChI=1S/C47H29N5.C6H7N/c48-30-31-18-27-39-38(28-31)14-9-15-40(39)46-45(49-41-16-7-8-17-42(41)50-46)36-25-23-35(24-26-36)44-29-43(51-47(52-44)37-12-5-2-6-13-37)34-21-19-33(20-22-34)32-10-3-1-4-11-32;1-3-6(4-2)5-7/h1-29H;3-4H,1H2,2H3/b;6-4+. The second-order valence-electron chi connectivity index (χ2n) is 13.7. The van der Waals surface area contributed by atoms with Crippen LogP contribution < -0.4 is 0 Å². The van der Waals surface area contributed by atoms with E-state index in [-0.39, 0.29) is 0 Å². The largest absolute Gasteiger partial charge is 0.244 e. The summed E-state index contributed by atoms with van der Waals surface area (Å²) in [6.45, 7) is 5.22. The van der Waals surface area contributed by atoms with Gasteiger partial charge in [-0.25, -0.2) is 19.9 Å².